The van der Waals surface area contributed by atoms with E-state index in [4.69, 9.17) is 0 Å². The second-order valence-electron chi connectivity index (χ2n) is 3.33. The molecule has 5 heteroatoms. The van der Waals surface area contributed by atoms with E-state index in [1.54, 1.807) is 11.8 Å². The highest BCUT2D eigenvalue weighted by Gasteiger charge is 2.14. The number of benzene rings is 1. The Bertz CT molecular complexity index is 429. The highest BCUT2D eigenvalue weighted by molar-refractivity contribution is 7.99. The second kappa shape index (κ2) is 6.25. The molecule has 0 heterocycles. The molecular formula is C11H15FO2S2. The van der Waals surface area contributed by atoms with E-state index in [0.717, 1.165) is 17.6 Å². The van der Waals surface area contributed by atoms with E-state index in [1.165, 1.54) is 18.2 Å². The highest BCUT2D eigenvalue weighted by Crippen LogP contribution is 2.14. The van der Waals surface area contributed by atoms with Gasteiger partial charge in [0.2, 0.25) is 0 Å². The van der Waals surface area contributed by atoms with Crippen molar-refractivity contribution in [1.82, 2.24) is 0 Å². The quantitative estimate of drug-likeness (QED) is 0.739. The van der Waals surface area contributed by atoms with Gasteiger partial charge in [0.15, 0.2) is 9.84 Å². The lowest BCUT2D eigenvalue weighted by atomic mass is 10.4. The van der Waals surface area contributed by atoms with Crippen LogP contribution < -0.4 is 0 Å². The molecule has 16 heavy (non-hydrogen) atoms. The average molecular weight is 262 g/mol. The van der Waals surface area contributed by atoms with Gasteiger partial charge in [0.25, 0.3) is 0 Å². The molecule has 0 atom stereocenters. The Labute approximate surface area is 100 Å². The number of hydrogen-bond donors (Lipinski definition) is 0. The minimum atomic E-state index is -3.32. The molecule has 0 aromatic heterocycles. The van der Waals surface area contributed by atoms with E-state index in [1.807, 2.05) is 6.92 Å². The summed E-state index contributed by atoms with van der Waals surface area (Å²) in [6.45, 7) is 2.03. The molecule has 1 aromatic rings. The number of sulfone groups is 1. The Morgan fingerprint density at radius 3 is 2.75 bits per heavy atom. The van der Waals surface area contributed by atoms with Gasteiger partial charge in [-0.2, -0.15) is 11.8 Å². The predicted octanol–water partition coefficient (Wildman–Crippen LogP) is 2.74. The third-order valence-corrected chi connectivity index (χ3v) is 4.84. The zero-order chi connectivity index (χ0) is 12.0. The van der Waals surface area contributed by atoms with Crippen LogP contribution >= 0.6 is 11.8 Å². The van der Waals surface area contributed by atoms with Crippen molar-refractivity contribution < 1.29 is 12.8 Å². The van der Waals surface area contributed by atoms with Gasteiger partial charge in [-0.1, -0.05) is 13.0 Å². The third-order valence-electron chi connectivity index (χ3n) is 2.06. The molecule has 90 valence electrons. The van der Waals surface area contributed by atoms with Crippen LogP contribution in [0.15, 0.2) is 29.2 Å². The summed E-state index contributed by atoms with van der Waals surface area (Å²) in [5.74, 6) is 1.39. The topological polar surface area (TPSA) is 34.1 Å². The van der Waals surface area contributed by atoms with Gasteiger partial charge in [-0.15, -0.1) is 0 Å². The Morgan fingerprint density at radius 2 is 2.12 bits per heavy atom. The van der Waals surface area contributed by atoms with Crippen molar-refractivity contribution in [3.8, 4) is 0 Å². The van der Waals surface area contributed by atoms with Gasteiger partial charge >= 0.3 is 0 Å². The lowest BCUT2D eigenvalue weighted by Crippen LogP contribution is -2.08. The van der Waals surface area contributed by atoms with Crippen LogP contribution in [0.25, 0.3) is 0 Å². The summed E-state index contributed by atoms with van der Waals surface area (Å²) in [6.07, 6.45) is 0.608. The van der Waals surface area contributed by atoms with Crippen LogP contribution in [0.2, 0.25) is 0 Å². The summed E-state index contributed by atoms with van der Waals surface area (Å²) in [4.78, 5) is 0.0778. The standard InChI is InChI=1S/C11H15FO2S2/c1-2-15-7-4-8-16(13,14)11-6-3-5-10(12)9-11/h3,5-6,9H,2,4,7-8H2,1H3. The summed E-state index contributed by atoms with van der Waals surface area (Å²) in [6, 6.07) is 5.17. The summed E-state index contributed by atoms with van der Waals surface area (Å²) in [7, 11) is -3.32. The summed E-state index contributed by atoms with van der Waals surface area (Å²) < 4.78 is 36.4. The van der Waals surface area contributed by atoms with Gasteiger partial charge < -0.3 is 0 Å². The maximum Gasteiger partial charge on any atom is 0.178 e. The Hall–Kier alpha value is -0.550. The van der Waals surface area contributed by atoms with Gasteiger partial charge in [0.1, 0.15) is 5.82 Å². The Kier molecular flexibility index (Phi) is 5.28. The molecule has 0 aliphatic heterocycles. The highest BCUT2D eigenvalue weighted by atomic mass is 32.2. The molecule has 1 rings (SSSR count). The maximum absolute atomic E-state index is 12.9. The molecule has 0 saturated heterocycles. The minimum absolute atomic E-state index is 0.0778. The third kappa shape index (κ3) is 4.14. The van der Waals surface area contributed by atoms with Crippen molar-refractivity contribution >= 4 is 21.6 Å². The van der Waals surface area contributed by atoms with Crippen molar-refractivity contribution in [3.63, 3.8) is 0 Å². The van der Waals surface area contributed by atoms with Gasteiger partial charge in [-0.3, -0.25) is 0 Å². The van der Waals surface area contributed by atoms with E-state index < -0.39 is 15.7 Å². The Balaban J connectivity index is 2.64. The molecule has 1 aromatic carbocycles. The molecule has 0 fully saturated rings. The average Bonchev–Trinajstić information content (AvgIpc) is 2.24. The van der Waals surface area contributed by atoms with Gasteiger partial charge in [0, 0.05) is 0 Å². The van der Waals surface area contributed by atoms with E-state index in [9.17, 15) is 12.8 Å². The molecule has 2 nitrogen and oxygen atoms in total. The fraction of sp³-hybridized carbons (Fsp3) is 0.455. The van der Waals surface area contributed by atoms with Crippen molar-refractivity contribution in [2.24, 2.45) is 0 Å². The summed E-state index contributed by atoms with van der Waals surface area (Å²) in [5, 5.41) is 0. The molecular weight excluding hydrogens is 247 g/mol. The fourth-order valence-electron chi connectivity index (χ4n) is 1.27. The predicted molar refractivity (Wildman–Crippen MR) is 66.1 cm³/mol. The zero-order valence-electron chi connectivity index (χ0n) is 9.15. The normalized spacial score (nSPS) is 11.6. The van der Waals surface area contributed by atoms with Crippen LogP contribution in [0.1, 0.15) is 13.3 Å². The van der Waals surface area contributed by atoms with E-state index in [0.29, 0.717) is 6.42 Å². The first kappa shape index (κ1) is 13.5. The molecule has 0 aliphatic rings. The van der Waals surface area contributed by atoms with Crippen molar-refractivity contribution in [2.45, 2.75) is 18.2 Å². The van der Waals surface area contributed by atoms with Crippen LogP contribution in [-0.2, 0) is 9.84 Å². The number of halogens is 1. The molecule has 0 radical (unpaired) electrons. The fourth-order valence-corrected chi connectivity index (χ4v) is 3.43. The van der Waals surface area contributed by atoms with Crippen molar-refractivity contribution in [3.05, 3.63) is 30.1 Å². The van der Waals surface area contributed by atoms with Gasteiger partial charge in [-0.05, 0) is 36.1 Å². The zero-order valence-corrected chi connectivity index (χ0v) is 10.8. The lowest BCUT2D eigenvalue weighted by molar-refractivity contribution is 0.590. The van der Waals surface area contributed by atoms with Crippen LogP contribution in [0.3, 0.4) is 0 Å². The number of hydrogen-bond acceptors (Lipinski definition) is 3. The van der Waals surface area contributed by atoms with Crippen LogP contribution in [-0.4, -0.2) is 25.7 Å². The Morgan fingerprint density at radius 1 is 1.38 bits per heavy atom. The summed E-state index contributed by atoms with van der Waals surface area (Å²) in [5.41, 5.74) is 0. The number of rotatable bonds is 6. The largest absolute Gasteiger partial charge is 0.224 e. The molecule has 0 N–H and O–H groups in total. The molecule has 0 aliphatic carbocycles. The summed E-state index contributed by atoms with van der Waals surface area (Å²) >= 11 is 1.71. The van der Waals surface area contributed by atoms with Crippen molar-refractivity contribution in [1.29, 1.82) is 0 Å². The van der Waals surface area contributed by atoms with E-state index in [2.05, 4.69) is 0 Å². The van der Waals surface area contributed by atoms with Gasteiger partial charge in [-0.25, -0.2) is 12.8 Å². The molecule has 0 saturated carbocycles. The monoisotopic (exact) mass is 262 g/mol. The van der Waals surface area contributed by atoms with Crippen LogP contribution in [0.5, 0.6) is 0 Å². The smallest absolute Gasteiger partial charge is 0.178 e. The molecule has 0 amide bonds. The molecule has 0 unspecified atom stereocenters. The first-order valence-corrected chi connectivity index (χ1v) is 7.93. The minimum Gasteiger partial charge on any atom is -0.224 e. The molecule has 0 bridgehead atoms. The van der Waals surface area contributed by atoms with Gasteiger partial charge in [0.05, 0.1) is 10.6 Å². The SMILES string of the molecule is CCSCCCS(=O)(=O)c1cccc(F)c1. The molecule has 0 spiro atoms. The first-order valence-electron chi connectivity index (χ1n) is 5.12. The van der Waals surface area contributed by atoms with Crippen LogP contribution in [0.4, 0.5) is 4.39 Å². The second-order valence-corrected chi connectivity index (χ2v) is 6.83. The van der Waals surface area contributed by atoms with E-state index >= 15 is 0 Å². The number of thioether (sulfide) groups is 1. The van der Waals surface area contributed by atoms with Crippen molar-refractivity contribution in [2.75, 3.05) is 17.3 Å². The lowest BCUT2D eigenvalue weighted by Gasteiger charge is -2.04. The first-order chi connectivity index (χ1) is 7.56. The van der Waals surface area contributed by atoms with E-state index in [-0.39, 0.29) is 10.6 Å². The van der Waals surface area contributed by atoms with Crippen LogP contribution in [0, 0.1) is 5.82 Å². The maximum atomic E-state index is 12.9.